The highest BCUT2D eigenvalue weighted by Crippen LogP contribution is 2.18. The van der Waals surface area contributed by atoms with Crippen molar-refractivity contribution in [2.24, 2.45) is 0 Å². The summed E-state index contributed by atoms with van der Waals surface area (Å²) in [6.45, 7) is 5.14. The normalized spacial score (nSPS) is 15.6. The highest BCUT2D eigenvalue weighted by atomic mass is 16.5. The predicted octanol–water partition coefficient (Wildman–Crippen LogP) is 0.352. The van der Waals surface area contributed by atoms with Crippen molar-refractivity contribution in [3.63, 3.8) is 0 Å². The summed E-state index contributed by atoms with van der Waals surface area (Å²) in [4.78, 5) is 0. The van der Waals surface area contributed by atoms with Crippen LogP contribution in [0.2, 0.25) is 0 Å². The van der Waals surface area contributed by atoms with Gasteiger partial charge in [0.1, 0.15) is 0 Å². The fraction of sp³-hybridized carbons (Fsp3) is 0.900. The molecule has 0 bridgehead atoms. The molecule has 0 atom stereocenters. The Bertz CT molecular complexity index is 310. The molecule has 0 spiro atoms. The predicted molar refractivity (Wildman–Crippen MR) is 58.8 cm³/mol. The standard InChI is InChI=1S/C10H19N5O/c1-2-16-7-3-6-15-10(12-13-14-15)8-11-9-4-5-9/h9,11H,2-8H2,1H3. The molecule has 1 N–H and O–H groups in total. The van der Waals surface area contributed by atoms with Gasteiger partial charge in [-0.1, -0.05) is 0 Å². The van der Waals surface area contributed by atoms with E-state index in [1.54, 1.807) is 0 Å². The SMILES string of the molecule is CCOCCCn1nnnc1CNC1CC1. The highest BCUT2D eigenvalue weighted by Gasteiger charge is 2.21. The topological polar surface area (TPSA) is 64.9 Å². The third-order valence-corrected chi connectivity index (χ3v) is 2.59. The summed E-state index contributed by atoms with van der Waals surface area (Å²) in [6.07, 6.45) is 3.52. The second-order valence-corrected chi connectivity index (χ2v) is 4.02. The molecule has 1 saturated carbocycles. The molecular weight excluding hydrogens is 206 g/mol. The smallest absolute Gasteiger partial charge is 0.165 e. The molecule has 1 aromatic rings. The van der Waals surface area contributed by atoms with E-state index < -0.39 is 0 Å². The maximum Gasteiger partial charge on any atom is 0.165 e. The van der Waals surface area contributed by atoms with Crippen LogP contribution in [0.3, 0.4) is 0 Å². The number of nitrogens with one attached hydrogen (secondary N) is 1. The van der Waals surface area contributed by atoms with Crippen molar-refractivity contribution in [1.29, 1.82) is 0 Å². The number of tetrazole rings is 1. The first-order valence-electron chi connectivity index (χ1n) is 5.96. The van der Waals surface area contributed by atoms with Gasteiger partial charge in [-0.2, -0.15) is 0 Å². The maximum atomic E-state index is 5.28. The molecule has 1 aromatic heterocycles. The third-order valence-electron chi connectivity index (χ3n) is 2.59. The van der Waals surface area contributed by atoms with Gasteiger partial charge in [0.15, 0.2) is 5.82 Å². The lowest BCUT2D eigenvalue weighted by Gasteiger charge is -2.05. The van der Waals surface area contributed by atoms with Crippen LogP contribution in [-0.2, 0) is 17.8 Å². The molecule has 0 aliphatic heterocycles. The van der Waals surface area contributed by atoms with E-state index in [1.165, 1.54) is 12.8 Å². The molecule has 1 aliphatic carbocycles. The fourth-order valence-electron chi connectivity index (χ4n) is 1.51. The van der Waals surface area contributed by atoms with Crippen LogP contribution in [0, 0.1) is 0 Å². The maximum absolute atomic E-state index is 5.28. The lowest BCUT2D eigenvalue weighted by molar-refractivity contribution is 0.140. The Morgan fingerprint density at radius 2 is 2.38 bits per heavy atom. The Morgan fingerprint density at radius 1 is 1.50 bits per heavy atom. The summed E-state index contributed by atoms with van der Waals surface area (Å²) in [5.74, 6) is 0.920. The Morgan fingerprint density at radius 3 is 3.12 bits per heavy atom. The summed E-state index contributed by atoms with van der Waals surface area (Å²) < 4.78 is 7.14. The van der Waals surface area contributed by atoms with Gasteiger partial charge in [-0.25, -0.2) is 4.68 Å². The van der Waals surface area contributed by atoms with Crippen LogP contribution in [0.15, 0.2) is 0 Å². The highest BCUT2D eigenvalue weighted by molar-refractivity contribution is 4.86. The number of aryl methyl sites for hydroxylation is 1. The summed E-state index contributed by atoms with van der Waals surface area (Å²) in [5.41, 5.74) is 0. The van der Waals surface area contributed by atoms with Crippen molar-refractivity contribution in [2.75, 3.05) is 13.2 Å². The van der Waals surface area contributed by atoms with E-state index in [4.69, 9.17) is 4.74 Å². The van der Waals surface area contributed by atoms with Gasteiger partial charge in [0, 0.05) is 25.8 Å². The van der Waals surface area contributed by atoms with Crippen LogP contribution in [0.4, 0.5) is 0 Å². The summed E-state index contributed by atoms with van der Waals surface area (Å²) >= 11 is 0. The molecule has 6 nitrogen and oxygen atoms in total. The zero-order chi connectivity index (χ0) is 11.2. The third kappa shape index (κ3) is 3.53. The molecule has 16 heavy (non-hydrogen) atoms. The lowest BCUT2D eigenvalue weighted by atomic mass is 10.4. The summed E-state index contributed by atoms with van der Waals surface area (Å²) in [6, 6.07) is 0.688. The van der Waals surface area contributed by atoms with E-state index in [1.807, 2.05) is 11.6 Å². The molecular formula is C10H19N5O. The minimum atomic E-state index is 0.688. The van der Waals surface area contributed by atoms with Crippen LogP contribution < -0.4 is 5.32 Å². The van der Waals surface area contributed by atoms with Crippen LogP contribution in [-0.4, -0.2) is 39.5 Å². The van der Waals surface area contributed by atoms with Crippen molar-refractivity contribution in [2.45, 2.75) is 45.3 Å². The Hall–Kier alpha value is -1.01. The first-order chi connectivity index (χ1) is 7.90. The molecule has 1 fully saturated rings. The Balaban J connectivity index is 1.71. The van der Waals surface area contributed by atoms with Gasteiger partial charge in [0.2, 0.25) is 0 Å². The molecule has 90 valence electrons. The minimum Gasteiger partial charge on any atom is -0.382 e. The number of ether oxygens (including phenoxy) is 1. The Kier molecular flexibility index (Phi) is 4.24. The number of hydrogen-bond acceptors (Lipinski definition) is 5. The number of hydrogen-bond donors (Lipinski definition) is 1. The van der Waals surface area contributed by atoms with E-state index in [9.17, 15) is 0 Å². The molecule has 6 heteroatoms. The summed E-state index contributed by atoms with van der Waals surface area (Å²) in [5, 5.41) is 15.1. The largest absolute Gasteiger partial charge is 0.382 e. The second-order valence-electron chi connectivity index (χ2n) is 4.02. The van der Waals surface area contributed by atoms with Crippen LogP contribution in [0.1, 0.15) is 32.0 Å². The van der Waals surface area contributed by atoms with Gasteiger partial charge in [-0.05, 0) is 36.6 Å². The van der Waals surface area contributed by atoms with E-state index in [0.717, 1.165) is 38.5 Å². The van der Waals surface area contributed by atoms with E-state index in [0.29, 0.717) is 6.04 Å². The number of aromatic nitrogens is 4. The van der Waals surface area contributed by atoms with Crippen molar-refractivity contribution in [1.82, 2.24) is 25.5 Å². The van der Waals surface area contributed by atoms with Crippen LogP contribution >= 0.6 is 0 Å². The van der Waals surface area contributed by atoms with Gasteiger partial charge in [0.25, 0.3) is 0 Å². The molecule has 0 saturated heterocycles. The number of nitrogens with zero attached hydrogens (tertiary/aromatic N) is 4. The van der Waals surface area contributed by atoms with Gasteiger partial charge < -0.3 is 10.1 Å². The first-order valence-corrected chi connectivity index (χ1v) is 5.96. The lowest BCUT2D eigenvalue weighted by Crippen LogP contribution is -2.19. The zero-order valence-electron chi connectivity index (χ0n) is 9.72. The molecule has 0 aromatic carbocycles. The van der Waals surface area contributed by atoms with Gasteiger partial charge in [-0.3, -0.25) is 0 Å². The van der Waals surface area contributed by atoms with Crippen LogP contribution in [0.25, 0.3) is 0 Å². The van der Waals surface area contributed by atoms with E-state index in [2.05, 4.69) is 20.8 Å². The van der Waals surface area contributed by atoms with E-state index in [-0.39, 0.29) is 0 Å². The first kappa shape index (κ1) is 11.5. The molecule has 1 heterocycles. The average Bonchev–Trinajstić information content (AvgIpc) is 3.02. The van der Waals surface area contributed by atoms with Crippen LogP contribution in [0.5, 0.6) is 0 Å². The quantitative estimate of drug-likeness (QED) is 0.647. The molecule has 1 aliphatic rings. The summed E-state index contributed by atoms with van der Waals surface area (Å²) in [7, 11) is 0. The van der Waals surface area contributed by atoms with E-state index >= 15 is 0 Å². The molecule has 2 rings (SSSR count). The van der Waals surface area contributed by atoms with Gasteiger partial charge in [0.05, 0.1) is 6.54 Å². The van der Waals surface area contributed by atoms with Crippen molar-refractivity contribution in [3.05, 3.63) is 5.82 Å². The molecule has 0 amide bonds. The van der Waals surface area contributed by atoms with Crippen molar-refractivity contribution in [3.8, 4) is 0 Å². The molecule has 0 unspecified atom stereocenters. The Labute approximate surface area is 95.4 Å². The zero-order valence-corrected chi connectivity index (χ0v) is 9.72. The van der Waals surface area contributed by atoms with Gasteiger partial charge in [-0.15, -0.1) is 5.10 Å². The minimum absolute atomic E-state index is 0.688. The van der Waals surface area contributed by atoms with Gasteiger partial charge >= 0.3 is 0 Å². The monoisotopic (exact) mass is 225 g/mol. The van der Waals surface area contributed by atoms with Crippen molar-refractivity contribution < 1.29 is 4.74 Å². The number of rotatable bonds is 8. The molecule has 0 radical (unpaired) electrons. The average molecular weight is 225 g/mol. The van der Waals surface area contributed by atoms with Crippen molar-refractivity contribution >= 4 is 0 Å². The second kappa shape index (κ2) is 5.91. The fourth-order valence-corrected chi connectivity index (χ4v) is 1.51.